The molecule has 2 fully saturated rings. The summed E-state index contributed by atoms with van der Waals surface area (Å²) in [5.74, 6) is 1.07. The molecule has 0 amide bonds. The Labute approximate surface area is 153 Å². The maximum absolute atomic E-state index is 6.07. The van der Waals surface area contributed by atoms with Gasteiger partial charge in [0.15, 0.2) is 0 Å². The quantitative estimate of drug-likeness (QED) is 0.789. The van der Waals surface area contributed by atoms with Gasteiger partial charge in [-0.15, -0.1) is 0 Å². The van der Waals surface area contributed by atoms with Crippen molar-refractivity contribution < 1.29 is 4.74 Å². The molecular formula is C21H35N3O. The largest absolute Gasteiger partial charge is 0.492 e. The minimum absolute atomic E-state index is 0.771. The third kappa shape index (κ3) is 5.19. The Hall–Kier alpha value is -1.10. The Morgan fingerprint density at radius 3 is 2.32 bits per heavy atom. The van der Waals surface area contributed by atoms with Gasteiger partial charge in [0.25, 0.3) is 0 Å². The topological polar surface area (TPSA) is 19.0 Å². The summed E-state index contributed by atoms with van der Waals surface area (Å²) in [4.78, 5) is 7.78. The lowest BCUT2D eigenvalue weighted by Gasteiger charge is -2.40. The smallest absolute Gasteiger partial charge is 0.125 e. The third-order valence-corrected chi connectivity index (χ3v) is 5.92. The van der Waals surface area contributed by atoms with Gasteiger partial charge >= 0.3 is 0 Å². The Kier molecular flexibility index (Phi) is 6.74. The molecule has 25 heavy (non-hydrogen) atoms. The Morgan fingerprint density at radius 1 is 0.960 bits per heavy atom. The molecule has 3 rings (SSSR count). The fraction of sp³-hybridized carbons (Fsp3) is 0.714. The van der Waals surface area contributed by atoms with E-state index in [0.29, 0.717) is 0 Å². The van der Waals surface area contributed by atoms with Crippen LogP contribution in [0.1, 0.15) is 30.4 Å². The highest BCUT2D eigenvalue weighted by atomic mass is 16.5. The van der Waals surface area contributed by atoms with Crippen LogP contribution in [-0.2, 0) is 0 Å². The normalized spacial score (nSPS) is 23.7. The van der Waals surface area contributed by atoms with E-state index in [0.717, 1.165) is 24.9 Å². The zero-order valence-corrected chi connectivity index (χ0v) is 16.3. The number of aryl methyl sites for hydroxylation is 2. The number of hydrogen-bond acceptors (Lipinski definition) is 4. The second-order valence-electron chi connectivity index (χ2n) is 7.84. The molecule has 1 atom stereocenters. The van der Waals surface area contributed by atoms with Crippen molar-refractivity contribution in [2.24, 2.45) is 0 Å². The maximum atomic E-state index is 6.07. The average Bonchev–Trinajstić information content (AvgIpc) is 2.61. The zero-order chi connectivity index (χ0) is 17.6. The van der Waals surface area contributed by atoms with Crippen LogP contribution in [0.2, 0.25) is 0 Å². The first kappa shape index (κ1) is 18.7. The first-order chi connectivity index (χ1) is 12.1. The van der Waals surface area contributed by atoms with Crippen LogP contribution in [0.4, 0.5) is 0 Å². The van der Waals surface area contributed by atoms with Gasteiger partial charge in [0, 0.05) is 45.3 Å². The van der Waals surface area contributed by atoms with Crippen molar-refractivity contribution >= 4 is 0 Å². The van der Waals surface area contributed by atoms with E-state index in [4.69, 9.17) is 4.74 Å². The summed E-state index contributed by atoms with van der Waals surface area (Å²) in [6.07, 6.45) is 4.16. The van der Waals surface area contributed by atoms with Gasteiger partial charge in [0.1, 0.15) is 12.4 Å². The number of nitrogens with zero attached hydrogens (tertiary/aromatic N) is 3. The number of likely N-dealkylation sites (tertiary alicyclic amines) is 1. The van der Waals surface area contributed by atoms with E-state index in [1.165, 1.54) is 69.7 Å². The summed E-state index contributed by atoms with van der Waals surface area (Å²) >= 11 is 0. The number of benzene rings is 1. The molecule has 4 nitrogen and oxygen atoms in total. The number of rotatable bonds is 6. The number of para-hydroxylation sites is 1. The fourth-order valence-corrected chi connectivity index (χ4v) is 4.17. The molecule has 4 heteroatoms. The summed E-state index contributed by atoms with van der Waals surface area (Å²) < 4.78 is 6.07. The molecule has 1 aromatic carbocycles. The highest BCUT2D eigenvalue weighted by molar-refractivity contribution is 5.39. The lowest BCUT2D eigenvalue weighted by molar-refractivity contribution is 0.0784. The van der Waals surface area contributed by atoms with Crippen LogP contribution in [0, 0.1) is 13.8 Å². The molecule has 0 N–H and O–H groups in total. The van der Waals surface area contributed by atoms with Crippen LogP contribution in [-0.4, -0.2) is 80.2 Å². The molecule has 2 heterocycles. The van der Waals surface area contributed by atoms with Crippen molar-refractivity contribution in [3.8, 4) is 5.75 Å². The molecule has 0 aliphatic carbocycles. The van der Waals surface area contributed by atoms with E-state index in [9.17, 15) is 0 Å². The first-order valence-corrected chi connectivity index (χ1v) is 9.97. The van der Waals surface area contributed by atoms with Gasteiger partial charge in [-0.1, -0.05) is 24.6 Å². The summed E-state index contributed by atoms with van der Waals surface area (Å²) in [7, 11) is 2.30. The number of piperidine rings is 1. The van der Waals surface area contributed by atoms with Crippen LogP contribution < -0.4 is 4.74 Å². The van der Waals surface area contributed by atoms with E-state index in [-0.39, 0.29) is 0 Å². The van der Waals surface area contributed by atoms with Crippen molar-refractivity contribution in [2.75, 3.05) is 59.5 Å². The predicted octanol–water partition coefficient (Wildman–Crippen LogP) is 2.78. The predicted molar refractivity (Wildman–Crippen MR) is 105 cm³/mol. The number of piperazine rings is 1. The highest BCUT2D eigenvalue weighted by Gasteiger charge is 2.24. The highest BCUT2D eigenvalue weighted by Crippen LogP contribution is 2.22. The van der Waals surface area contributed by atoms with Crippen LogP contribution in [0.3, 0.4) is 0 Å². The molecule has 0 spiro atoms. The van der Waals surface area contributed by atoms with Crippen molar-refractivity contribution in [3.63, 3.8) is 0 Å². The van der Waals surface area contributed by atoms with Gasteiger partial charge in [0.05, 0.1) is 0 Å². The molecule has 140 valence electrons. The second-order valence-corrected chi connectivity index (χ2v) is 7.84. The standard InChI is InChI=1S/C21H35N3O/c1-18-7-6-8-19(2)21(18)25-16-15-23-11-13-24(14-12-23)17-20-9-4-5-10-22(20)3/h6-8,20H,4-5,9-17H2,1-3H3/t20-/m0/s1. The number of likely N-dealkylation sites (N-methyl/N-ethyl adjacent to an activating group) is 1. The molecule has 2 saturated heterocycles. The monoisotopic (exact) mass is 345 g/mol. The van der Waals surface area contributed by atoms with Crippen LogP contribution >= 0.6 is 0 Å². The molecule has 0 radical (unpaired) electrons. The SMILES string of the molecule is Cc1cccc(C)c1OCCN1CCN(C[C@@H]2CCCCN2C)CC1. The Bertz CT molecular complexity index is 520. The minimum atomic E-state index is 0.771. The lowest BCUT2D eigenvalue weighted by atomic mass is 10.0. The zero-order valence-electron chi connectivity index (χ0n) is 16.3. The molecular weight excluding hydrogens is 310 g/mol. The van der Waals surface area contributed by atoms with Gasteiger partial charge in [-0.05, 0) is 51.4 Å². The molecule has 1 aromatic rings. The van der Waals surface area contributed by atoms with Gasteiger partial charge in [-0.3, -0.25) is 9.80 Å². The van der Waals surface area contributed by atoms with E-state index >= 15 is 0 Å². The third-order valence-electron chi connectivity index (χ3n) is 5.92. The van der Waals surface area contributed by atoms with E-state index in [1.54, 1.807) is 0 Å². The van der Waals surface area contributed by atoms with Gasteiger partial charge < -0.3 is 9.64 Å². The van der Waals surface area contributed by atoms with Crippen molar-refractivity contribution in [1.29, 1.82) is 0 Å². The number of ether oxygens (including phenoxy) is 1. The van der Waals surface area contributed by atoms with E-state index in [1.807, 2.05) is 0 Å². The fourth-order valence-electron chi connectivity index (χ4n) is 4.17. The van der Waals surface area contributed by atoms with Crippen LogP contribution in [0.15, 0.2) is 18.2 Å². The van der Waals surface area contributed by atoms with E-state index < -0.39 is 0 Å². The maximum Gasteiger partial charge on any atom is 0.125 e. The van der Waals surface area contributed by atoms with Crippen LogP contribution in [0.5, 0.6) is 5.75 Å². The summed E-state index contributed by atoms with van der Waals surface area (Å²) in [6, 6.07) is 7.13. The van der Waals surface area contributed by atoms with Crippen molar-refractivity contribution in [2.45, 2.75) is 39.2 Å². The molecule has 2 aliphatic rings. The number of hydrogen-bond donors (Lipinski definition) is 0. The summed E-state index contributed by atoms with van der Waals surface area (Å²) in [5, 5.41) is 0. The average molecular weight is 346 g/mol. The molecule has 0 aromatic heterocycles. The van der Waals surface area contributed by atoms with Crippen LogP contribution in [0.25, 0.3) is 0 Å². The van der Waals surface area contributed by atoms with Crippen molar-refractivity contribution in [3.05, 3.63) is 29.3 Å². The summed E-state index contributed by atoms with van der Waals surface area (Å²) in [5.41, 5.74) is 2.47. The lowest BCUT2D eigenvalue weighted by Crippen LogP contribution is -2.52. The molecule has 0 bridgehead atoms. The summed E-state index contributed by atoms with van der Waals surface area (Å²) in [6.45, 7) is 13.4. The minimum Gasteiger partial charge on any atom is -0.492 e. The molecule has 2 aliphatic heterocycles. The second kappa shape index (κ2) is 9.02. The first-order valence-electron chi connectivity index (χ1n) is 9.97. The van der Waals surface area contributed by atoms with E-state index in [2.05, 4.69) is 53.8 Å². The molecule has 0 saturated carbocycles. The van der Waals surface area contributed by atoms with Gasteiger partial charge in [0.2, 0.25) is 0 Å². The van der Waals surface area contributed by atoms with Gasteiger partial charge in [-0.2, -0.15) is 0 Å². The van der Waals surface area contributed by atoms with Gasteiger partial charge in [-0.25, -0.2) is 0 Å². The Morgan fingerprint density at radius 2 is 1.64 bits per heavy atom. The molecule has 0 unspecified atom stereocenters. The van der Waals surface area contributed by atoms with Crippen molar-refractivity contribution in [1.82, 2.24) is 14.7 Å². The Balaban J connectivity index is 1.36.